The van der Waals surface area contributed by atoms with Crippen LogP contribution < -0.4 is 0 Å². The van der Waals surface area contributed by atoms with Crippen LogP contribution in [-0.4, -0.2) is 17.1 Å². The van der Waals surface area contributed by atoms with E-state index in [1.807, 2.05) is 0 Å². The summed E-state index contributed by atoms with van der Waals surface area (Å²) in [6.45, 7) is 3.39. The molecule has 0 amide bonds. The lowest BCUT2D eigenvalue weighted by molar-refractivity contribution is 0.0331. The van der Waals surface area contributed by atoms with Crippen molar-refractivity contribution in [2.24, 2.45) is 0 Å². The number of nitrogens with zero attached hydrogens (tertiary/aromatic N) is 1. The molecule has 12 heavy (non-hydrogen) atoms. The number of esters is 1. The molecule has 0 aliphatic carbocycles. The minimum atomic E-state index is -0.716. The van der Waals surface area contributed by atoms with Gasteiger partial charge in [-0.15, -0.1) is 0 Å². The average Bonchev–Trinajstić information content (AvgIpc) is 2.34. The largest absolute Gasteiger partial charge is 0.456 e. The molecule has 0 aliphatic heterocycles. The standard InChI is InChI=1S/C7H8NO4/c1-4(2)12-7(10)6-8-5(9)3-11-6/h3-4H,1-2H3. The Morgan fingerprint density at radius 2 is 2.33 bits per heavy atom. The first-order valence-corrected chi connectivity index (χ1v) is 3.43. The molecule has 1 radical (unpaired) electrons. The maximum atomic E-state index is 11.0. The molecule has 0 atom stereocenters. The summed E-state index contributed by atoms with van der Waals surface area (Å²) in [4.78, 5) is 14.2. The van der Waals surface area contributed by atoms with E-state index in [2.05, 4.69) is 9.40 Å². The third-order valence-corrected chi connectivity index (χ3v) is 1.00. The summed E-state index contributed by atoms with van der Waals surface area (Å²) >= 11 is 0. The molecule has 1 heterocycles. The van der Waals surface area contributed by atoms with Gasteiger partial charge >= 0.3 is 17.7 Å². The Balaban J connectivity index is 2.65. The number of aromatic nitrogens is 1. The number of ether oxygens (including phenoxy) is 1. The van der Waals surface area contributed by atoms with Crippen molar-refractivity contribution in [3.63, 3.8) is 0 Å². The highest BCUT2D eigenvalue weighted by atomic mass is 16.6. The van der Waals surface area contributed by atoms with Crippen LogP contribution in [0.1, 0.15) is 24.5 Å². The van der Waals surface area contributed by atoms with E-state index >= 15 is 0 Å². The molecular formula is C7H8NO4. The van der Waals surface area contributed by atoms with E-state index < -0.39 is 11.8 Å². The molecule has 0 spiro atoms. The van der Waals surface area contributed by atoms with E-state index in [0.29, 0.717) is 0 Å². The summed E-state index contributed by atoms with van der Waals surface area (Å²) in [6.07, 6.45) is 0.608. The second-order valence-corrected chi connectivity index (χ2v) is 2.44. The van der Waals surface area contributed by atoms with E-state index in [4.69, 9.17) is 4.74 Å². The molecule has 1 aromatic rings. The Kier molecular flexibility index (Phi) is 2.32. The highest BCUT2D eigenvalue weighted by Gasteiger charge is 2.16. The van der Waals surface area contributed by atoms with E-state index in [9.17, 15) is 9.90 Å². The molecular weight excluding hydrogens is 162 g/mol. The Morgan fingerprint density at radius 3 is 2.75 bits per heavy atom. The highest BCUT2D eigenvalue weighted by molar-refractivity contribution is 5.84. The van der Waals surface area contributed by atoms with Crippen molar-refractivity contribution in [1.82, 2.24) is 4.98 Å². The second-order valence-electron chi connectivity index (χ2n) is 2.44. The molecule has 5 nitrogen and oxygen atoms in total. The van der Waals surface area contributed by atoms with Crippen LogP contribution in [0.4, 0.5) is 0 Å². The molecule has 0 saturated carbocycles. The molecule has 0 aliphatic rings. The van der Waals surface area contributed by atoms with Gasteiger partial charge < -0.3 is 9.15 Å². The van der Waals surface area contributed by atoms with Crippen molar-refractivity contribution in [3.8, 4) is 5.88 Å². The van der Waals surface area contributed by atoms with Gasteiger partial charge in [0, 0.05) is 0 Å². The Bertz CT molecular complexity index is 279. The van der Waals surface area contributed by atoms with Crippen molar-refractivity contribution in [1.29, 1.82) is 0 Å². The van der Waals surface area contributed by atoms with Crippen LogP contribution in [0.15, 0.2) is 10.7 Å². The summed E-state index contributed by atoms with van der Waals surface area (Å²) in [5, 5.41) is 10.5. The van der Waals surface area contributed by atoms with E-state index in [0.717, 1.165) is 6.26 Å². The first-order valence-electron chi connectivity index (χ1n) is 3.43. The lowest BCUT2D eigenvalue weighted by atomic mass is 10.5. The van der Waals surface area contributed by atoms with Crippen LogP contribution in [0.2, 0.25) is 0 Å². The Hall–Kier alpha value is -1.52. The number of hydrogen-bond acceptors (Lipinski definition) is 4. The molecule has 0 fully saturated rings. The Morgan fingerprint density at radius 1 is 1.67 bits per heavy atom. The van der Waals surface area contributed by atoms with Crippen LogP contribution in [0, 0.1) is 0 Å². The van der Waals surface area contributed by atoms with Gasteiger partial charge in [-0.05, 0) is 13.8 Å². The van der Waals surface area contributed by atoms with Crippen LogP contribution in [0.3, 0.4) is 0 Å². The average molecular weight is 170 g/mol. The van der Waals surface area contributed by atoms with Gasteiger partial charge in [0.2, 0.25) is 0 Å². The van der Waals surface area contributed by atoms with Crippen LogP contribution in [-0.2, 0) is 9.84 Å². The lowest BCUT2D eigenvalue weighted by Gasteiger charge is -2.03. The van der Waals surface area contributed by atoms with Gasteiger partial charge in [0.15, 0.2) is 6.26 Å². The number of carbonyl (C=O) groups is 1. The molecule has 0 unspecified atom stereocenters. The normalized spacial score (nSPS) is 10.2. The first kappa shape index (κ1) is 8.58. The lowest BCUT2D eigenvalue weighted by Crippen LogP contribution is -2.11. The van der Waals surface area contributed by atoms with Crippen molar-refractivity contribution in [3.05, 3.63) is 12.2 Å². The van der Waals surface area contributed by atoms with Gasteiger partial charge in [0.1, 0.15) is 0 Å². The van der Waals surface area contributed by atoms with Crippen LogP contribution in [0.25, 0.3) is 0 Å². The fourth-order valence-corrected chi connectivity index (χ4v) is 0.617. The summed E-state index contributed by atoms with van der Waals surface area (Å²) in [5.41, 5.74) is 0. The zero-order chi connectivity index (χ0) is 9.14. The topological polar surface area (TPSA) is 72.2 Å². The number of hydrogen-bond donors (Lipinski definition) is 0. The van der Waals surface area contributed by atoms with Gasteiger partial charge in [-0.2, -0.15) is 4.98 Å². The molecule has 0 bridgehead atoms. The van der Waals surface area contributed by atoms with Crippen molar-refractivity contribution in [2.45, 2.75) is 20.0 Å². The number of oxazole rings is 1. The monoisotopic (exact) mass is 170 g/mol. The van der Waals surface area contributed by atoms with E-state index in [1.165, 1.54) is 0 Å². The minimum absolute atomic E-state index is 0.250. The minimum Gasteiger partial charge on any atom is -0.456 e. The molecule has 65 valence electrons. The summed E-state index contributed by atoms with van der Waals surface area (Å²) in [6, 6.07) is 0. The summed E-state index contributed by atoms with van der Waals surface area (Å²) in [7, 11) is 0. The molecule has 5 heteroatoms. The summed E-state index contributed by atoms with van der Waals surface area (Å²) in [5.74, 6) is -1.59. The zero-order valence-corrected chi connectivity index (χ0v) is 6.73. The predicted octanol–water partition coefficient (Wildman–Crippen LogP) is 1.38. The van der Waals surface area contributed by atoms with Gasteiger partial charge in [-0.3, -0.25) is 5.11 Å². The Labute approximate surface area is 69.0 Å². The van der Waals surface area contributed by atoms with Crippen LogP contribution >= 0.6 is 0 Å². The van der Waals surface area contributed by atoms with Crippen molar-refractivity contribution in [2.75, 3.05) is 0 Å². The first-order chi connectivity index (χ1) is 5.59. The van der Waals surface area contributed by atoms with Crippen molar-refractivity contribution < 1.29 is 19.1 Å². The summed E-state index contributed by atoms with van der Waals surface area (Å²) < 4.78 is 9.24. The fraction of sp³-hybridized carbons (Fsp3) is 0.429. The van der Waals surface area contributed by atoms with Gasteiger partial charge in [-0.1, -0.05) is 0 Å². The second kappa shape index (κ2) is 3.25. The van der Waals surface area contributed by atoms with Crippen LogP contribution in [0.5, 0.6) is 5.88 Å². The molecule has 1 rings (SSSR count). The highest BCUT2D eigenvalue weighted by Crippen LogP contribution is 2.09. The number of rotatable bonds is 2. The smallest absolute Gasteiger partial charge is 0.395 e. The maximum Gasteiger partial charge on any atom is 0.395 e. The van der Waals surface area contributed by atoms with Gasteiger partial charge in [0.05, 0.1) is 6.10 Å². The quantitative estimate of drug-likeness (QED) is 0.628. The predicted molar refractivity (Wildman–Crippen MR) is 37.2 cm³/mol. The third-order valence-electron chi connectivity index (χ3n) is 1.00. The molecule has 0 N–H and O–H groups in total. The van der Waals surface area contributed by atoms with Gasteiger partial charge in [-0.25, -0.2) is 4.79 Å². The fourth-order valence-electron chi connectivity index (χ4n) is 0.617. The van der Waals surface area contributed by atoms with Crippen molar-refractivity contribution >= 4 is 5.97 Å². The van der Waals surface area contributed by atoms with E-state index in [1.54, 1.807) is 13.8 Å². The molecule has 0 saturated heterocycles. The van der Waals surface area contributed by atoms with Gasteiger partial charge in [0.25, 0.3) is 0 Å². The number of carbonyl (C=O) groups excluding carboxylic acids is 1. The van der Waals surface area contributed by atoms with E-state index in [-0.39, 0.29) is 12.0 Å². The zero-order valence-electron chi connectivity index (χ0n) is 6.73. The third kappa shape index (κ3) is 1.98. The molecule has 0 aromatic carbocycles. The maximum absolute atomic E-state index is 11.0. The SMILES string of the molecule is CC(C)OC(=O)c1nc([O])co1. The molecule has 1 aromatic heterocycles.